The minimum absolute atomic E-state index is 0.779. The van der Waals surface area contributed by atoms with Crippen molar-refractivity contribution in [1.82, 2.24) is 39.9 Å². The lowest BCUT2D eigenvalue weighted by molar-refractivity contribution is 0.745. The Bertz CT molecular complexity index is 4470. The van der Waals surface area contributed by atoms with E-state index in [2.05, 4.69) is 214 Å². The SMILES string of the molecule is c1ccc(N(c2ccc(-c3ccc(C(c4ccc(-c5ccc(N(c6ccccn6)c6ccccn6)cc5)cc4)(c4ccc(-c5ccc(N(c6ccccn6)c6ccccn6)cc5)cc4)c4ccc(-c5ccc(N(c6ccccn6)c6ccccn6)cc5)cc4)cc3)cc2)c2ccccn2)nc1. The molecule has 16 rings (SSSR count). The average Bonchev–Trinajstić information content (AvgIpc) is 0.729. The van der Waals surface area contributed by atoms with E-state index in [1.165, 1.54) is 0 Å². The van der Waals surface area contributed by atoms with E-state index in [-0.39, 0.29) is 0 Å². The zero-order valence-corrected chi connectivity index (χ0v) is 54.8. The Hall–Kier alpha value is -13.8. The summed E-state index contributed by atoms with van der Waals surface area (Å²) < 4.78 is 0. The van der Waals surface area contributed by atoms with Gasteiger partial charge in [0.1, 0.15) is 46.5 Å². The van der Waals surface area contributed by atoms with E-state index in [1.54, 1.807) is 0 Å². The van der Waals surface area contributed by atoms with Crippen molar-refractivity contribution in [3.05, 3.63) is 412 Å². The predicted molar refractivity (Wildman–Crippen MR) is 408 cm³/mol. The van der Waals surface area contributed by atoms with Crippen LogP contribution in [0.25, 0.3) is 44.5 Å². The lowest BCUT2D eigenvalue weighted by Gasteiger charge is -2.37. The molecule has 0 radical (unpaired) electrons. The summed E-state index contributed by atoms with van der Waals surface area (Å²) in [6, 6.07) is 118. The third-order valence-corrected chi connectivity index (χ3v) is 18.1. The molecular weight excluding hydrogens is 1240 g/mol. The highest BCUT2D eigenvalue weighted by atomic mass is 15.3. The number of nitrogens with zero attached hydrogens (tertiary/aromatic N) is 12. The first-order valence-electron chi connectivity index (χ1n) is 33.4. The molecular formula is C89H64N12. The standard InChI is InChI=1S/C89H64N12/c1-9-57-90-81(17-1)98(82-18-2-10-58-91-82)77-49-33-69(34-50-77)65-25-41-73(42-26-65)89(74-43-27-66(28-44-74)70-35-51-78(52-36-70)99(83-19-3-11-59-92-83)84-20-4-12-60-93-84,75-45-29-67(30-46-75)71-37-53-79(54-38-71)100(85-21-5-13-61-94-85)86-22-6-14-62-95-86)76-47-31-68(32-48-76)72-39-55-80(56-40-72)101(87-23-7-15-63-96-87)88-24-8-16-64-97-88/h1-64H. The third-order valence-electron chi connectivity index (χ3n) is 18.1. The molecule has 0 saturated carbocycles. The van der Waals surface area contributed by atoms with Crippen LogP contribution in [0.2, 0.25) is 0 Å². The molecule has 0 bridgehead atoms. The van der Waals surface area contributed by atoms with Gasteiger partial charge >= 0.3 is 0 Å². The maximum atomic E-state index is 4.73. The number of pyridine rings is 8. The first kappa shape index (κ1) is 62.0. The lowest BCUT2D eigenvalue weighted by Crippen LogP contribution is -2.31. The molecule has 0 aliphatic rings. The minimum atomic E-state index is -0.856. The van der Waals surface area contributed by atoms with Crippen LogP contribution in [0.4, 0.5) is 69.3 Å². The topological polar surface area (TPSA) is 116 Å². The van der Waals surface area contributed by atoms with Gasteiger partial charge in [-0.2, -0.15) is 0 Å². The molecule has 8 aromatic carbocycles. The molecule has 8 heterocycles. The summed E-state index contributed by atoms with van der Waals surface area (Å²) in [7, 11) is 0. The van der Waals surface area contributed by atoms with Gasteiger partial charge < -0.3 is 0 Å². The Kier molecular flexibility index (Phi) is 17.5. The number of anilines is 12. The Morgan fingerprint density at radius 3 is 0.416 bits per heavy atom. The number of hydrogen-bond donors (Lipinski definition) is 0. The Morgan fingerprint density at radius 1 is 0.149 bits per heavy atom. The van der Waals surface area contributed by atoms with Crippen LogP contribution in [-0.2, 0) is 5.41 Å². The molecule has 12 nitrogen and oxygen atoms in total. The van der Waals surface area contributed by atoms with Crippen LogP contribution in [-0.4, -0.2) is 39.9 Å². The fraction of sp³-hybridized carbons (Fsp3) is 0.0112. The Labute approximate surface area is 586 Å². The van der Waals surface area contributed by atoms with Crippen LogP contribution >= 0.6 is 0 Å². The zero-order chi connectivity index (χ0) is 67.6. The van der Waals surface area contributed by atoms with Crippen molar-refractivity contribution in [3.63, 3.8) is 0 Å². The molecule has 0 aliphatic heterocycles. The highest BCUT2D eigenvalue weighted by molar-refractivity contribution is 5.81. The van der Waals surface area contributed by atoms with E-state index in [9.17, 15) is 0 Å². The molecule has 0 N–H and O–H groups in total. The van der Waals surface area contributed by atoms with Gasteiger partial charge in [-0.1, -0.05) is 194 Å². The molecule has 16 aromatic rings. The van der Waals surface area contributed by atoms with E-state index >= 15 is 0 Å². The van der Waals surface area contributed by atoms with Gasteiger partial charge in [-0.25, -0.2) is 39.9 Å². The van der Waals surface area contributed by atoms with E-state index in [0.717, 1.165) is 136 Å². The van der Waals surface area contributed by atoms with Crippen LogP contribution in [0.3, 0.4) is 0 Å². The molecule has 480 valence electrons. The fourth-order valence-electron chi connectivity index (χ4n) is 13.3. The van der Waals surface area contributed by atoms with Crippen LogP contribution in [0.5, 0.6) is 0 Å². The summed E-state index contributed by atoms with van der Waals surface area (Å²) in [5, 5.41) is 0. The molecule has 0 saturated heterocycles. The summed E-state index contributed by atoms with van der Waals surface area (Å²) in [4.78, 5) is 46.2. The maximum Gasteiger partial charge on any atom is 0.138 e. The third kappa shape index (κ3) is 12.8. The molecule has 0 amide bonds. The molecule has 0 aliphatic carbocycles. The smallest absolute Gasteiger partial charge is 0.138 e. The number of rotatable bonds is 20. The number of hydrogen-bond acceptors (Lipinski definition) is 12. The van der Waals surface area contributed by atoms with E-state index in [1.807, 2.05) is 195 Å². The average molecular weight is 1300 g/mol. The van der Waals surface area contributed by atoms with Crippen LogP contribution in [0, 0.1) is 0 Å². The van der Waals surface area contributed by atoms with Crippen molar-refractivity contribution in [2.45, 2.75) is 5.41 Å². The van der Waals surface area contributed by atoms with E-state index < -0.39 is 5.41 Å². The van der Waals surface area contributed by atoms with Crippen LogP contribution in [0.15, 0.2) is 389 Å². The van der Waals surface area contributed by atoms with Crippen molar-refractivity contribution in [1.29, 1.82) is 0 Å². The van der Waals surface area contributed by atoms with Crippen molar-refractivity contribution in [2.24, 2.45) is 0 Å². The van der Waals surface area contributed by atoms with Gasteiger partial charge in [0.05, 0.1) is 5.41 Å². The Balaban J connectivity index is 0.813. The molecule has 8 aromatic heterocycles. The van der Waals surface area contributed by atoms with Crippen LogP contribution < -0.4 is 19.6 Å². The van der Waals surface area contributed by atoms with Crippen LogP contribution in [0.1, 0.15) is 22.3 Å². The first-order chi connectivity index (χ1) is 50.1. The Morgan fingerprint density at radius 2 is 0.287 bits per heavy atom. The second-order valence-electron chi connectivity index (χ2n) is 24.1. The quantitative estimate of drug-likeness (QED) is 0.0677. The van der Waals surface area contributed by atoms with Gasteiger partial charge in [0.15, 0.2) is 0 Å². The second-order valence-corrected chi connectivity index (χ2v) is 24.1. The van der Waals surface area contributed by atoms with Crippen molar-refractivity contribution >= 4 is 69.3 Å². The number of aromatic nitrogens is 8. The minimum Gasteiger partial charge on any atom is -0.279 e. The first-order valence-corrected chi connectivity index (χ1v) is 33.4. The second kappa shape index (κ2) is 28.5. The van der Waals surface area contributed by atoms with E-state index in [0.29, 0.717) is 0 Å². The molecule has 0 fully saturated rings. The molecule has 101 heavy (non-hydrogen) atoms. The van der Waals surface area contributed by atoms with Gasteiger partial charge in [0.25, 0.3) is 0 Å². The van der Waals surface area contributed by atoms with Gasteiger partial charge in [0, 0.05) is 72.3 Å². The summed E-state index contributed by atoms with van der Waals surface area (Å²) >= 11 is 0. The molecule has 0 spiro atoms. The maximum absolute atomic E-state index is 4.73. The van der Waals surface area contributed by atoms with Crippen molar-refractivity contribution in [2.75, 3.05) is 19.6 Å². The fourth-order valence-corrected chi connectivity index (χ4v) is 13.3. The molecule has 0 atom stereocenters. The monoisotopic (exact) mass is 1300 g/mol. The normalized spacial score (nSPS) is 11.2. The molecule has 0 unspecified atom stereocenters. The van der Waals surface area contributed by atoms with E-state index in [4.69, 9.17) is 39.9 Å². The van der Waals surface area contributed by atoms with Gasteiger partial charge in [-0.3, -0.25) is 19.6 Å². The summed E-state index contributed by atoms with van der Waals surface area (Å²) in [5.41, 5.74) is 15.9. The summed E-state index contributed by atoms with van der Waals surface area (Å²) in [6.07, 6.45) is 14.5. The number of benzene rings is 8. The highest BCUT2D eigenvalue weighted by Gasteiger charge is 2.39. The van der Waals surface area contributed by atoms with Gasteiger partial charge in [-0.15, -0.1) is 0 Å². The van der Waals surface area contributed by atoms with Gasteiger partial charge in [-0.05, 0) is 212 Å². The lowest BCUT2D eigenvalue weighted by atomic mass is 9.64. The molecule has 12 heteroatoms. The van der Waals surface area contributed by atoms with Crippen molar-refractivity contribution < 1.29 is 0 Å². The summed E-state index contributed by atoms with van der Waals surface area (Å²) in [5.74, 6) is 6.23. The summed E-state index contributed by atoms with van der Waals surface area (Å²) in [6.45, 7) is 0. The van der Waals surface area contributed by atoms with Gasteiger partial charge in [0.2, 0.25) is 0 Å². The predicted octanol–water partition coefficient (Wildman–Crippen LogP) is 21.8. The largest absolute Gasteiger partial charge is 0.279 e. The van der Waals surface area contributed by atoms with Crippen molar-refractivity contribution in [3.8, 4) is 44.5 Å². The zero-order valence-electron chi connectivity index (χ0n) is 54.8. The highest BCUT2D eigenvalue weighted by Crippen LogP contribution is 2.48.